The highest BCUT2D eigenvalue weighted by molar-refractivity contribution is 7.99. The van der Waals surface area contributed by atoms with E-state index in [4.69, 9.17) is 9.84 Å². The molecule has 150 valence electrons. The molecule has 7 heteroatoms. The van der Waals surface area contributed by atoms with Crippen molar-refractivity contribution in [1.82, 2.24) is 9.80 Å². The van der Waals surface area contributed by atoms with Crippen LogP contribution in [-0.2, 0) is 20.1 Å². The predicted octanol–water partition coefficient (Wildman–Crippen LogP) is 2.19. The predicted molar refractivity (Wildman–Crippen MR) is 108 cm³/mol. The molecule has 1 aromatic rings. The lowest BCUT2D eigenvalue weighted by Gasteiger charge is -2.37. The van der Waals surface area contributed by atoms with Gasteiger partial charge in [-0.2, -0.15) is 0 Å². The number of benzene rings is 1. The van der Waals surface area contributed by atoms with Gasteiger partial charge in [-0.15, -0.1) is 11.8 Å². The summed E-state index contributed by atoms with van der Waals surface area (Å²) < 4.78 is 5.74. The number of amides is 1. The highest BCUT2D eigenvalue weighted by Gasteiger charge is 2.31. The van der Waals surface area contributed by atoms with Crippen LogP contribution in [0.25, 0.3) is 0 Å². The minimum atomic E-state index is -0.863. The molecule has 0 bridgehead atoms. The average molecular weight is 395 g/mol. The number of carbonyl (C=O) groups excluding carboxylic acids is 1. The second kappa shape index (κ2) is 10.7. The van der Waals surface area contributed by atoms with Crippen LogP contribution in [0.5, 0.6) is 0 Å². The van der Waals surface area contributed by atoms with Crippen LogP contribution in [0, 0.1) is 5.92 Å². The molecule has 0 saturated carbocycles. The molecular weight excluding hydrogens is 364 g/mol. The van der Waals surface area contributed by atoms with Gasteiger partial charge in [0.05, 0.1) is 24.5 Å². The molecule has 0 aliphatic carbocycles. The smallest absolute Gasteiger partial charge is 0.317 e. The molecule has 1 N–H and O–H groups in total. The molecule has 0 aromatic heterocycles. The standard InChI is InChI=1S/C20H30N2O4S/c1-15(2)19(27-14-16-7-5-4-6-8-16)20(25)22-9-10-26-17(12-22)11-21(3)13-18(23)24/h4-8,15,17,19H,9-14H2,1-3H3,(H,23,24). The fraction of sp³-hybridized carbons (Fsp3) is 0.600. The van der Waals surface area contributed by atoms with Crippen molar-refractivity contribution in [3.05, 3.63) is 35.9 Å². The van der Waals surface area contributed by atoms with Gasteiger partial charge in [0, 0.05) is 25.4 Å². The van der Waals surface area contributed by atoms with Crippen molar-refractivity contribution in [1.29, 1.82) is 0 Å². The van der Waals surface area contributed by atoms with Crippen molar-refractivity contribution in [2.24, 2.45) is 5.92 Å². The van der Waals surface area contributed by atoms with E-state index < -0.39 is 5.97 Å². The maximum Gasteiger partial charge on any atom is 0.317 e. The third-order valence-electron chi connectivity index (χ3n) is 4.49. The lowest BCUT2D eigenvalue weighted by molar-refractivity contribution is -0.142. The number of nitrogens with zero attached hydrogens (tertiary/aromatic N) is 2. The molecular formula is C20H30N2O4S. The molecule has 2 unspecified atom stereocenters. The van der Waals surface area contributed by atoms with Gasteiger partial charge in [-0.25, -0.2) is 0 Å². The third-order valence-corrected chi connectivity index (χ3v) is 6.10. The summed E-state index contributed by atoms with van der Waals surface area (Å²) in [5.74, 6) is 0.339. The van der Waals surface area contributed by atoms with Crippen LogP contribution in [0.3, 0.4) is 0 Å². The van der Waals surface area contributed by atoms with E-state index in [1.807, 2.05) is 23.1 Å². The second-order valence-electron chi connectivity index (χ2n) is 7.33. The molecule has 1 aliphatic rings. The molecule has 1 fully saturated rings. The lowest BCUT2D eigenvalue weighted by atomic mass is 10.1. The number of hydrogen-bond acceptors (Lipinski definition) is 5. The van der Waals surface area contributed by atoms with Crippen molar-refractivity contribution >= 4 is 23.6 Å². The largest absolute Gasteiger partial charge is 0.480 e. The third kappa shape index (κ3) is 7.16. The Hall–Kier alpha value is -1.57. The summed E-state index contributed by atoms with van der Waals surface area (Å²) >= 11 is 1.69. The minimum Gasteiger partial charge on any atom is -0.480 e. The minimum absolute atomic E-state index is 0.0324. The number of likely N-dealkylation sites (N-methyl/N-ethyl adjacent to an activating group) is 1. The van der Waals surface area contributed by atoms with Crippen LogP contribution >= 0.6 is 11.8 Å². The van der Waals surface area contributed by atoms with Crippen molar-refractivity contribution in [3.8, 4) is 0 Å². The molecule has 6 nitrogen and oxygen atoms in total. The SMILES string of the molecule is CC(C)C(SCc1ccccc1)C(=O)N1CCOC(CN(C)CC(=O)O)C1. The summed E-state index contributed by atoms with van der Waals surface area (Å²) in [6, 6.07) is 10.2. The van der Waals surface area contributed by atoms with Crippen molar-refractivity contribution in [3.63, 3.8) is 0 Å². The van der Waals surface area contributed by atoms with Crippen molar-refractivity contribution in [2.45, 2.75) is 31.0 Å². The molecule has 1 saturated heterocycles. The van der Waals surface area contributed by atoms with Crippen LogP contribution in [0.4, 0.5) is 0 Å². The molecule has 0 spiro atoms. The molecule has 2 rings (SSSR count). The number of carboxylic acid groups (broad SMARTS) is 1. The highest BCUT2D eigenvalue weighted by Crippen LogP contribution is 2.26. The Morgan fingerprint density at radius 3 is 2.67 bits per heavy atom. The number of rotatable bonds is 9. The van der Waals surface area contributed by atoms with Crippen LogP contribution in [0.15, 0.2) is 30.3 Å². The zero-order chi connectivity index (χ0) is 19.8. The fourth-order valence-electron chi connectivity index (χ4n) is 3.16. The first-order chi connectivity index (χ1) is 12.9. The lowest BCUT2D eigenvalue weighted by Crippen LogP contribution is -2.52. The zero-order valence-corrected chi connectivity index (χ0v) is 17.2. The number of carboxylic acids is 1. The van der Waals surface area contributed by atoms with Crippen LogP contribution in [-0.4, -0.2) is 78.0 Å². The normalized spacial score (nSPS) is 18.7. The highest BCUT2D eigenvalue weighted by atomic mass is 32.2. The summed E-state index contributed by atoms with van der Waals surface area (Å²) in [5, 5.41) is 8.79. The second-order valence-corrected chi connectivity index (χ2v) is 8.46. The molecule has 27 heavy (non-hydrogen) atoms. The summed E-state index contributed by atoms with van der Waals surface area (Å²) in [6.45, 7) is 6.23. The maximum atomic E-state index is 13.1. The first-order valence-corrected chi connectivity index (χ1v) is 10.4. The van der Waals surface area contributed by atoms with E-state index >= 15 is 0 Å². The molecule has 1 aromatic carbocycles. The van der Waals surface area contributed by atoms with E-state index in [1.54, 1.807) is 23.7 Å². The summed E-state index contributed by atoms with van der Waals surface area (Å²) in [4.78, 5) is 27.5. The van der Waals surface area contributed by atoms with Crippen LogP contribution in [0.2, 0.25) is 0 Å². The molecule has 1 aliphatic heterocycles. The van der Waals surface area contributed by atoms with E-state index in [9.17, 15) is 9.59 Å². The molecule has 1 heterocycles. The van der Waals surface area contributed by atoms with Gasteiger partial charge in [-0.3, -0.25) is 14.5 Å². The van der Waals surface area contributed by atoms with Crippen LogP contribution in [0.1, 0.15) is 19.4 Å². The van der Waals surface area contributed by atoms with Gasteiger partial charge >= 0.3 is 5.97 Å². The van der Waals surface area contributed by atoms with E-state index in [0.29, 0.717) is 26.2 Å². The quantitative estimate of drug-likeness (QED) is 0.692. The van der Waals surface area contributed by atoms with E-state index in [-0.39, 0.29) is 29.7 Å². The van der Waals surface area contributed by atoms with Gasteiger partial charge in [0.15, 0.2) is 0 Å². The number of aliphatic carboxylic acids is 1. The van der Waals surface area contributed by atoms with Gasteiger partial charge in [-0.1, -0.05) is 44.2 Å². The fourth-order valence-corrected chi connectivity index (χ4v) is 4.40. The zero-order valence-electron chi connectivity index (χ0n) is 16.3. The molecule has 0 radical (unpaired) electrons. The van der Waals surface area contributed by atoms with Gasteiger partial charge in [0.1, 0.15) is 0 Å². The van der Waals surface area contributed by atoms with E-state index in [0.717, 1.165) is 5.75 Å². The number of hydrogen-bond donors (Lipinski definition) is 1. The Balaban J connectivity index is 1.92. The summed E-state index contributed by atoms with van der Waals surface area (Å²) in [5.41, 5.74) is 1.22. The Labute approximate surface area is 165 Å². The Kier molecular flexibility index (Phi) is 8.60. The van der Waals surface area contributed by atoms with Gasteiger partial charge in [0.25, 0.3) is 0 Å². The average Bonchev–Trinajstić information content (AvgIpc) is 2.61. The Bertz CT molecular complexity index is 611. The summed E-state index contributed by atoms with van der Waals surface area (Å²) in [7, 11) is 1.75. The van der Waals surface area contributed by atoms with Crippen molar-refractivity contribution < 1.29 is 19.4 Å². The first-order valence-electron chi connectivity index (χ1n) is 9.33. The number of carbonyl (C=O) groups is 2. The van der Waals surface area contributed by atoms with E-state index in [1.165, 1.54) is 5.56 Å². The Morgan fingerprint density at radius 1 is 1.33 bits per heavy atom. The van der Waals surface area contributed by atoms with Crippen LogP contribution < -0.4 is 0 Å². The number of ether oxygens (including phenoxy) is 1. The van der Waals surface area contributed by atoms with Crippen molar-refractivity contribution in [2.75, 3.05) is 39.8 Å². The monoisotopic (exact) mass is 394 g/mol. The van der Waals surface area contributed by atoms with Gasteiger partial charge in [0.2, 0.25) is 5.91 Å². The summed E-state index contributed by atoms with van der Waals surface area (Å²) in [6.07, 6.45) is -0.154. The molecule has 2 atom stereocenters. The Morgan fingerprint density at radius 2 is 2.04 bits per heavy atom. The number of thioether (sulfide) groups is 1. The maximum absolute atomic E-state index is 13.1. The van der Waals surface area contributed by atoms with Gasteiger partial charge < -0.3 is 14.7 Å². The van der Waals surface area contributed by atoms with E-state index in [2.05, 4.69) is 26.0 Å². The first kappa shape index (κ1) is 21.7. The molecule has 1 amide bonds. The van der Waals surface area contributed by atoms with Gasteiger partial charge in [-0.05, 0) is 18.5 Å². The number of morpholine rings is 1. The topological polar surface area (TPSA) is 70.1 Å².